The van der Waals surface area contributed by atoms with E-state index in [0.717, 1.165) is 6.20 Å². The number of hydrogen-bond acceptors (Lipinski definition) is 5. The van der Waals surface area contributed by atoms with Crippen LogP contribution in [-0.2, 0) is 27.1 Å². The highest BCUT2D eigenvalue weighted by Crippen LogP contribution is 2.22. The van der Waals surface area contributed by atoms with Gasteiger partial charge in [-0.15, -0.1) is 0 Å². The molecule has 0 unspecified atom stereocenters. The minimum atomic E-state index is -4.03. The van der Waals surface area contributed by atoms with Gasteiger partial charge in [0.2, 0.25) is 10.0 Å². The van der Waals surface area contributed by atoms with Crippen molar-refractivity contribution < 1.29 is 16.8 Å². The highest BCUT2D eigenvalue weighted by atomic mass is 32.2. The Hall–Kier alpha value is -1.91. The zero-order valence-corrected chi connectivity index (χ0v) is 12.0. The van der Waals surface area contributed by atoms with Gasteiger partial charge in [0.25, 0.3) is 10.0 Å². The zero-order chi connectivity index (χ0) is 15.0. The molecule has 0 radical (unpaired) electrons. The molecule has 0 aliphatic carbocycles. The van der Waals surface area contributed by atoms with Crippen LogP contribution in [0.1, 0.15) is 0 Å². The van der Waals surface area contributed by atoms with Crippen LogP contribution in [0.2, 0.25) is 0 Å². The third-order valence-corrected chi connectivity index (χ3v) is 4.72. The normalized spacial score (nSPS) is 12.3. The third kappa shape index (κ3) is 2.98. The van der Waals surface area contributed by atoms with Gasteiger partial charge in [0.1, 0.15) is 9.79 Å². The van der Waals surface area contributed by atoms with Crippen molar-refractivity contribution in [3.8, 4) is 0 Å². The van der Waals surface area contributed by atoms with E-state index in [2.05, 4.69) is 9.82 Å². The minimum Gasteiger partial charge on any atom is -0.278 e. The number of aromatic nitrogens is 2. The van der Waals surface area contributed by atoms with E-state index in [0.29, 0.717) is 0 Å². The molecule has 0 saturated carbocycles. The summed E-state index contributed by atoms with van der Waals surface area (Å²) in [5.41, 5.74) is -0.112. The van der Waals surface area contributed by atoms with Crippen molar-refractivity contribution >= 4 is 25.7 Å². The summed E-state index contributed by atoms with van der Waals surface area (Å²) in [4.78, 5) is -0.378. The summed E-state index contributed by atoms with van der Waals surface area (Å²) in [6, 6.07) is 5.47. The van der Waals surface area contributed by atoms with Crippen LogP contribution in [0.3, 0.4) is 0 Å². The molecule has 2 aromatic rings. The predicted octanol–water partition coefficient (Wildman–Crippen LogP) is -0.132. The quantitative estimate of drug-likeness (QED) is 0.813. The van der Waals surface area contributed by atoms with E-state index in [1.165, 1.54) is 35.1 Å². The average Bonchev–Trinajstić information content (AvgIpc) is 2.75. The molecule has 1 aromatic carbocycles. The number of rotatable bonds is 4. The lowest BCUT2D eigenvalue weighted by Gasteiger charge is -2.09. The van der Waals surface area contributed by atoms with Gasteiger partial charge >= 0.3 is 0 Å². The largest absolute Gasteiger partial charge is 0.278 e. The van der Waals surface area contributed by atoms with E-state index in [9.17, 15) is 16.8 Å². The molecule has 0 aliphatic heterocycles. The van der Waals surface area contributed by atoms with E-state index < -0.39 is 20.0 Å². The summed E-state index contributed by atoms with van der Waals surface area (Å²) in [5.74, 6) is 0. The Kier molecular flexibility index (Phi) is 3.54. The Morgan fingerprint density at radius 2 is 1.85 bits per heavy atom. The van der Waals surface area contributed by atoms with Crippen LogP contribution >= 0.6 is 0 Å². The highest BCUT2D eigenvalue weighted by Gasteiger charge is 2.20. The maximum Gasteiger partial charge on any atom is 0.265 e. The van der Waals surface area contributed by atoms with Gasteiger partial charge in [0.15, 0.2) is 0 Å². The number of para-hydroxylation sites is 1. The topological polar surface area (TPSA) is 124 Å². The number of nitrogens with zero attached hydrogens (tertiary/aromatic N) is 2. The van der Waals surface area contributed by atoms with Crippen LogP contribution < -0.4 is 9.86 Å². The molecule has 10 heteroatoms. The second-order valence-electron chi connectivity index (χ2n) is 4.00. The van der Waals surface area contributed by atoms with Gasteiger partial charge in [0, 0.05) is 13.2 Å². The molecule has 0 spiro atoms. The monoisotopic (exact) mass is 316 g/mol. The Labute approximate surface area is 116 Å². The molecule has 20 heavy (non-hydrogen) atoms. The number of aryl methyl sites for hydroxylation is 1. The number of sulfonamides is 2. The van der Waals surface area contributed by atoms with Crippen LogP contribution in [0, 0.1) is 0 Å². The van der Waals surface area contributed by atoms with Gasteiger partial charge in [0.05, 0.1) is 11.9 Å². The van der Waals surface area contributed by atoms with E-state index >= 15 is 0 Å². The lowest BCUT2D eigenvalue weighted by Crippen LogP contribution is -2.18. The van der Waals surface area contributed by atoms with Crippen molar-refractivity contribution in [1.29, 1.82) is 0 Å². The lowest BCUT2D eigenvalue weighted by atomic mass is 10.3. The highest BCUT2D eigenvalue weighted by molar-refractivity contribution is 7.93. The fourth-order valence-corrected chi connectivity index (χ4v) is 3.36. The van der Waals surface area contributed by atoms with Crippen molar-refractivity contribution in [2.45, 2.75) is 9.79 Å². The number of nitrogens with two attached hydrogens (primary N) is 1. The molecule has 0 fully saturated rings. The van der Waals surface area contributed by atoms with Crippen LogP contribution in [0.15, 0.2) is 46.5 Å². The first-order valence-corrected chi connectivity index (χ1v) is 8.36. The summed E-state index contributed by atoms with van der Waals surface area (Å²) in [6.07, 6.45) is 2.45. The Balaban J connectivity index is 2.46. The predicted molar refractivity (Wildman–Crippen MR) is 71.8 cm³/mol. The average molecular weight is 316 g/mol. The van der Waals surface area contributed by atoms with Gasteiger partial charge in [-0.1, -0.05) is 12.1 Å². The third-order valence-electron chi connectivity index (χ3n) is 2.43. The first-order chi connectivity index (χ1) is 9.20. The van der Waals surface area contributed by atoms with E-state index in [1.54, 1.807) is 7.05 Å². The molecule has 2 rings (SSSR count). The number of nitrogens with one attached hydrogen (secondary N) is 1. The van der Waals surface area contributed by atoms with Crippen molar-refractivity contribution in [1.82, 2.24) is 9.78 Å². The minimum absolute atomic E-state index is 0.0794. The molecule has 0 atom stereocenters. The molecule has 1 aromatic heterocycles. The van der Waals surface area contributed by atoms with Crippen LogP contribution in [0.5, 0.6) is 0 Å². The van der Waals surface area contributed by atoms with Crippen molar-refractivity contribution in [3.63, 3.8) is 0 Å². The molecule has 0 bridgehead atoms. The summed E-state index contributed by atoms with van der Waals surface area (Å²) in [6.45, 7) is 0. The standard InChI is InChI=1S/C10H12N4O4S2/c1-14-7-8(6-12-14)20(17,18)13-9-4-2-3-5-10(9)19(11,15)16/h2-7,13H,1H3,(H2,11,15,16). The molecule has 0 aliphatic rings. The van der Waals surface area contributed by atoms with Gasteiger partial charge in [-0.3, -0.25) is 9.40 Å². The van der Waals surface area contributed by atoms with Crippen LogP contribution in [0.25, 0.3) is 0 Å². The fourth-order valence-electron chi connectivity index (χ4n) is 1.54. The smallest absolute Gasteiger partial charge is 0.265 e. The summed E-state index contributed by atoms with van der Waals surface area (Å²) in [7, 11) is -6.39. The second-order valence-corrected chi connectivity index (χ2v) is 7.21. The molecule has 0 amide bonds. The van der Waals surface area contributed by atoms with Gasteiger partial charge < -0.3 is 0 Å². The van der Waals surface area contributed by atoms with Crippen molar-refractivity contribution in [3.05, 3.63) is 36.7 Å². The second kappa shape index (κ2) is 4.89. The van der Waals surface area contributed by atoms with Crippen LogP contribution in [0.4, 0.5) is 5.69 Å². The summed E-state index contributed by atoms with van der Waals surface area (Å²) in [5, 5.41) is 8.79. The van der Waals surface area contributed by atoms with Gasteiger partial charge in [-0.2, -0.15) is 5.10 Å². The van der Waals surface area contributed by atoms with E-state index in [-0.39, 0.29) is 15.5 Å². The SMILES string of the molecule is Cn1cc(S(=O)(=O)Nc2ccccc2S(N)(=O)=O)cn1. The van der Waals surface area contributed by atoms with Crippen LogP contribution in [-0.4, -0.2) is 26.6 Å². The molecule has 108 valence electrons. The zero-order valence-electron chi connectivity index (χ0n) is 10.4. The maximum atomic E-state index is 12.1. The van der Waals surface area contributed by atoms with Gasteiger partial charge in [-0.25, -0.2) is 22.0 Å². The molecule has 1 heterocycles. The number of benzene rings is 1. The fraction of sp³-hybridized carbons (Fsp3) is 0.100. The number of primary sulfonamides is 1. The molecule has 8 nitrogen and oxygen atoms in total. The first-order valence-electron chi connectivity index (χ1n) is 5.33. The lowest BCUT2D eigenvalue weighted by molar-refractivity contribution is 0.598. The Morgan fingerprint density at radius 3 is 2.40 bits per heavy atom. The molecular weight excluding hydrogens is 304 g/mol. The first kappa shape index (κ1) is 14.5. The molecular formula is C10H12N4O4S2. The van der Waals surface area contributed by atoms with Crippen molar-refractivity contribution in [2.24, 2.45) is 12.2 Å². The number of anilines is 1. The van der Waals surface area contributed by atoms with E-state index in [4.69, 9.17) is 5.14 Å². The molecule has 0 saturated heterocycles. The number of hydrogen-bond donors (Lipinski definition) is 2. The Morgan fingerprint density at radius 1 is 1.20 bits per heavy atom. The maximum absolute atomic E-state index is 12.1. The Bertz CT molecular complexity index is 840. The van der Waals surface area contributed by atoms with Gasteiger partial charge in [-0.05, 0) is 12.1 Å². The van der Waals surface area contributed by atoms with E-state index in [1.807, 2.05) is 0 Å². The van der Waals surface area contributed by atoms with Crippen molar-refractivity contribution in [2.75, 3.05) is 4.72 Å². The summed E-state index contributed by atoms with van der Waals surface area (Å²) < 4.78 is 50.5. The molecule has 3 N–H and O–H groups in total. The summed E-state index contributed by atoms with van der Waals surface area (Å²) >= 11 is 0.